The van der Waals surface area contributed by atoms with E-state index in [1.807, 2.05) is 91.9 Å². The molecule has 0 heterocycles. The lowest BCUT2D eigenvalue weighted by Crippen LogP contribution is -2.26. The molecule has 0 amide bonds. The van der Waals surface area contributed by atoms with Gasteiger partial charge in [-0.25, -0.2) is 4.79 Å². The van der Waals surface area contributed by atoms with Crippen LogP contribution in [0.3, 0.4) is 0 Å². The van der Waals surface area contributed by atoms with Crippen molar-refractivity contribution in [1.29, 1.82) is 0 Å². The van der Waals surface area contributed by atoms with Crippen LogP contribution in [0.4, 0.5) is 0 Å². The van der Waals surface area contributed by atoms with E-state index in [0.29, 0.717) is 12.2 Å². The van der Waals surface area contributed by atoms with Crippen LogP contribution in [-0.2, 0) is 4.79 Å². The van der Waals surface area contributed by atoms with Crippen molar-refractivity contribution < 1.29 is 24.1 Å². The second-order valence-corrected chi connectivity index (χ2v) is 10.2. The van der Waals surface area contributed by atoms with E-state index in [-0.39, 0.29) is 0 Å². The molecular weight excluding hydrogens is 532 g/mol. The van der Waals surface area contributed by atoms with Gasteiger partial charge in [0, 0.05) is 32.0 Å². The Morgan fingerprint density at radius 1 is 0.756 bits per heavy atom. The highest BCUT2D eigenvalue weighted by atomic mass is 32.2. The lowest BCUT2D eigenvalue weighted by molar-refractivity contribution is -0.145. The molecular formula is C35H30O5S. The van der Waals surface area contributed by atoms with Crippen molar-refractivity contribution in [2.75, 3.05) is 14.2 Å². The molecule has 41 heavy (non-hydrogen) atoms. The van der Waals surface area contributed by atoms with Crippen molar-refractivity contribution in [3.8, 4) is 40.9 Å². The van der Waals surface area contributed by atoms with Crippen molar-refractivity contribution >= 4 is 17.7 Å². The molecule has 206 valence electrons. The first-order valence-corrected chi connectivity index (χ1v) is 13.8. The third kappa shape index (κ3) is 8.35. The van der Waals surface area contributed by atoms with Crippen LogP contribution in [0, 0.1) is 30.6 Å². The van der Waals surface area contributed by atoms with Gasteiger partial charge in [-0.05, 0) is 91.7 Å². The third-order valence-corrected chi connectivity index (χ3v) is 7.01. The molecule has 0 aliphatic rings. The molecule has 0 fully saturated rings. The highest BCUT2D eigenvalue weighted by molar-refractivity contribution is 7.99. The van der Waals surface area contributed by atoms with Crippen molar-refractivity contribution in [3.63, 3.8) is 0 Å². The summed E-state index contributed by atoms with van der Waals surface area (Å²) >= 11 is 1.58. The second-order valence-electron chi connectivity index (χ2n) is 9.09. The van der Waals surface area contributed by atoms with E-state index < -0.39 is 12.1 Å². The summed E-state index contributed by atoms with van der Waals surface area (Å²) in [5.74, 6) is 14.1. The number of methoxy groups -OCH3 is 2. The van der Waals surface area contributed by atoms with Gasteiger partial charge < -0.3 is 19.3 Å². The van der Waals surface area contributed by atoms with Gasteiger partial charge >= 0.3 is 5.97 Å². The van der Waals surface area contributed by atoms with E-state index in [4.69, 9.17) is 14.2 Å². The molecule has 0 aromatic heterocycles. The van der Waals surface area contributed by atoms with Gasteiger partial charge in [-0.2, -0.15) is 0 Å². The predicted octanol–water partition coefficient (Wildman–Crippen LogP) is 7.21. The first-order valence-electron chi connectivity index (χ1n) is 13.0. The van der Waals surface area contributed by atoms with E-state index in [9.17, 15) is 9.90 Å². The van der Waals surface area contributed by atoms with Crippen LogP contribution in [-0.4, -0.2) is 31.4 Å². The highest BCUT2D eigenvalue weighted by Gasteiger charge is 2.18. The molecule has 0 saturated heterocycles. The van der Waals surface area contributed by atoms with Crippen LogP contribution in [0.1, 0.15) is 41.2 Å². The summed E-state index contributed by atoms with van der Waals surface area (Å²) in [6, 6.07) is 27.1. The van der Waals surface area contributed by atoms with Gasteiger partial charge in [-0.1, -0.05) is 54.5 Å². The van der Waals surface area contributed by atoms with Crippen LogP contribution in [0.15, 0.2) is 94.7 Å². The van der Waals surface area contributed by atoms with E-state index in [1.165, 1.54) is 0 Å². The molecule has 5 nitrogen and oxygen atoms in total. The molecule has 0 radical (unpaired) electrons. The standard InChI is InChI=1S/C35H30O5S/c1-5-33(35(36)37)40-34-17-16-31(18-24(34)2)41-32-22-27(14-12-25-8-6-10-29(20-25)38-3)19-28(23-32)15-13-26-9-7-11-30(21-26)39-4/h6-11,16-23,33H,5H2,1-4H3,(H,36,37). The normalized spacial score (nSPS) is 10.8. The lowest BCUT2D eigenvalue weighted by Gasteiger charge is -2.15. The number of carbonyl (C=O) groups is 1. The summed E-state index contributed by atoms with van der Waals surface area (Å²) in [5, 5.41) is 9.35. The van der Waals surface area contributed by atoms with E-state index in [2.05, 4.69) is 23.7 Å². The number of aryl methyl sites for hydroxylation is 1. The van der Waals surface area contributed by atoms with E-state index >= 15 is 0 Å². The quantitative estimate of drug-likeness (QED) is 0.229. The van der Waals surface area contributed by atoms with Gasteiger partial charge in [0.25, 0.3) is 0 Å². The minimum Gasteiger partial charge on any atom is -0.497 e. The molecule has 4 aromatic carbocycles. The first-order chi connectivity index (χ1) is 19.9. The number of hydrogen-bond donors (Lipinski definition) is 1. The molecule has 1 unspecified atom stereocenters. The Morgan fingerprint density at radius 2 is 1.32 bits per heavy atom. The Kier molecular flexibility index (Phi) is 9.99. The number of rotatable bonds is 8. The van der Waals surface area contributed by atoms with Crippen molar-refractivity contribution in [1.82, 2.24) is 0 Å². The molecule has 0 saturated carbocycles. The molecule has 0 bridgehead atoms. The first kappa shape index (κ1) is 29.2. The molecule has 1 N–H and O–H groups in total. The SMILES string of the molecule is CCC(Oc1ccc(Sc2cc(C#Cc3cccc(OC)c3)cc(C#Cc3cccc(OC)c3)c2)cc1C)C(=O)O. The average molecular weight is 563 g/mol. The van der Waals surface area contributed by atoms with Gasteiger partial charge in [-0.3, -0.25) is 0 Å². The largest absolute Gasteiger partial charge is 0.497 e. The van der Waals surface area contributed by atoms with Gasteiger partial charge in [0.05, 0.1) is 14.2 Å². The molecule has 4 rings (SSSR count). The van der Waals surface area contributed by atoms with Crippen LogP contribution in [0.25, 0.3) is 0 Å². The Labute approximate surface area is 245 Å². The van der Waals surface area contributed by atoms with Crippen LogP contribution >= 0.6 is 11.8 Å². The Hall–Kier alpha value is -4.78. The Morgan fingerprint density at radius 3 is 1.80 bits per heavy atom. The Balaban J connectivity index is 1.66. The van der Waals surface area contributed by atoms with Crippen molar-refractivity contribution in [3.05, 3.63) is 113 Å². The van der Waals surface area contributed by atoms with E-state index in [1.54, 1.807) is 32.9 Å². The predicted molar refractivity (Wildman–Crippen MR) is 162 cm³/mol. The minimum absolute atomic E-state index is 0.383. The zero-order valence-electron chi connectivity index (χ0n) is 23.4. The highest BCUT2D eigenvalue weighted by Crippen LogP contribution is 2.33. The molecule has 6 heteroatoms. The summed E-state index contributed by atoms with van der Waals surface area (Å²) in [7, 11) is 3.27. The smallest absolute Gasteiger partial charge is 0.344 e. The number of carboxylic acids is 1. The zero-order chi connectivity index (χ0) is 29.2. The Bertz CT molecular complexity index is 1590. The summed E-state index contributed by atoms with van der Waals surface area (Å²) in [6.07, 6.45) is -0.494. The maximum atomic E-state index is 11.4. The maximum absolute atomic E-state index is 11.4. The van der Waals surface area contributed by atoms with Crippen LogP contribution < -0.4 is 14.2 Å². The molecule has 4 aromatic rings. The monoisotopic (exact) mass is 562 g/mol. The molecule has 0 aliphatic carbocycles. The summed E-state index contributed by atoms with van der Waals surface area (Å²) in [6.45, 7) is 3.70. The fourth-order valence-electron chi connectivity index (χ4n) is 3.91. The average Bonchev–Trinajstić information content (AvgIpc) is 2.98. The summed E-state index contributed by atoms with van der Waals surface area (Å²) in [4.78, 5) is 13.4. The molecule has 1 atom stereocenters. The minimum atomic E-state index is -0.972. The van der Waals surface area contributed by atoms with Gasteiger partial charge in [-0.15, -0.1) is 0 Å². The van der Waals surface area contributed by atoms with E-state index in [0.717, 1.165) is 49.1 Å². The fraction of sp³-hybridized carbons (Fsp3) is 0.171. The topological polar surface area (TPSA) is 65.0 Å². The molecule has 0 spiro atoms. The van der Waals surface area contributed by atoms with Crippen LogP contribution in [0.2, 0.25) is 0 Å². The number of hydrogen-bond acceptors (Lipinski definition) is 5. The van der Waals surface area contributed by atoms with Gasteiger partial charge in [0.2, 0.25) is 0 Å². The number of benzene rings is 4. The summed E-state index contributed by atoms with van der Waals surface area (Å²) in [5.41, 5.74) is 4.23. The second kappa shape index (κ2) is 14.0. The van der Waals surface area contributed by atoms with Crippen molar-refractivity contribution in [2.45, 2.75) is 36.2 Å². The molecule has 0 aliphatic heterocycles. The van der Waals surface area contributed by atoms with Gasteiger partial charge in [0.1, 0.15) is 17.2 Å². The number of carboxylic acid groups (broad SMARTS) is 1. The number of aliphatic carboxylic acids is 1. The maximum Gasteiger partial charge on any atom is 0.344 e. The van der Waals surface area contributed by atoms with Crippen LogP contribution in [0.5, 0.6) is 17.2 Å². The van der Waals surface area contributed by atoms with Crippen molar-refractivity contribution in [2.24, 2.45) is 0 Å². The number of ether oxygens (including phenoxy) is 3. The fourth-order valence-corrected chi connectivity index (χ4v) is 4.92. The van der Waals surface area contributed by atoms with Gasteiger partial charge in [0.15, 0.2) is 6.10 Å². The summed E-state index contributed by atoms with van der Waals surface area (Å²) < 4.78 is 16.4. The lowest BCUT2D eigenvalue weighted by atomic mass is 10.1. The third-order valence-electron chi connectivity index (χ3n) is 6.05. The zero-order valence-corrected chi connectivity index (χ0v) is 24.2.